The van der Waals surface area contributed by atoms with E-state index >= 15 is 0 Å². The minimum atomic E-state index is 0.193. The van der Waals surface area contributed by atoms with Gasteiger partial charge in [-0.3, -0.25) is 11.3 Å². The molecule has 0 aliphatic carbocycles. The smallest absolute Gasteiger partial charge is 0.0479 e. The summed E-state index contributed by atoms with van der Waals surface area (Å²) in [5, 5.41) is 0. The van der Waals surface area contributed by atoms with Crippen LogP contribution in [0, 0.1) is 15.4 Å². The van der Waals surface area contributed by atoms with Crippen LogP contribution in [-0.2, 0) is 0 Å². The molecular weight excluding hydrogens is 299 g/mol. The van der Waals surface area contributed by atoms with Crippen LogP contribution in [0.4, 0.5) is 0 Å². The third kappa shape index (κ3) is 3.82. The van der Waals surface area contributed by atoms with Crippen molar-refractivity contribution >= 4 is 22.6 Å². The Hall–Kier alpha value is -0.570. The molecule has 1 aromatic carbocycles. The second-order valence-electron chi connectivity index (χ2n) is 3.21. The van der Waals surface area contributed by atoms with Crippen LogP contribution in [-0.4, -0.2) is 0 Å². The highest BCUT2D eigenvalue weighted by Crippen LogP contribution is 2.22. The maximum Gasteiger partial charge on any atom is 0.0479 e. The lowest BCUT2D eigenvalue weighted by Gasteiger charge is -2.16. The summed E-state index contributed by atoms with van der Waals surface area (Å²) in [6, 6.07) is 8.45. The number of halogens is 1. The molecule has 2 nitrogen and oxygen atoms in total. The Bertz CT molecular complexity index is 365. The molecule has 0 bridgehead atoms. The van der Waals surface area contributed by atoms with Gasteiger partial charge in [-0.25, -0.2) is 0 Å². The van der Waals surface area contributed by atoms with Gasteiger partial charge < -0.3 is 0 Å². The third-order valence-electron chi connectivity index (χ3n) is 2.22. The topological polar surface area (TPSA) is 38.0 Å². The molecule has 1 aromatic rings. The molecule has 0 saturated carbocycles. The number of benzene rings is 1. The molecule has 0 aliphatic rings. The van der Waals surface area contributed by atoms with Crippen molar-refractivity contribution in [2.24, 2.45) is 5.84 Å². The first-order valence-electron chi connectivity index (χ1n) is 4.89. The highest BCUT2D eigenvalue weighted by Gasteiger charge is 2.10. The van der Waals surface area contributed by atoms with Crippen LogP contribution in [0.3, 0.4) is 0 Å². The summed E-state index contributed by atoms with van der Waals surface area (Å²) in [7, 11) is 0. The monoisotopic (exact) mass is 314 g/mol. The van der Waals surface area contributed by atoms with Gasteiger partial charge in [-0.05, 0) is 47.6 Å². The molecule has 0 aliphatic heterocycles. The van der Waals surface area contributed by atoms with Gasteiger partial charge in [-0.1, -0.05) is 18.2 Å². The van der Waals surface area contributed by atoms with Crippen molar-refractivity contribution in [3.05, 3.63) is 33.4 Å². The van der Waals surface area contributed by atoms with Crippen LogP contribution in [0.15, 0.2) is 24.3 Å². The lowest BCUT2D eigenvalue weighted by molar-refractivity contribution is 0.522. The minimum Gasteiger partial charge on any atom is -0.271 e. The maximum absolute atomic E-state index is 5.55. The molecule has 0 saturated heterocycles. The molecule has 80 valence electrons. The number of nitrogens with two attached hydrogens (primary N) is 1. The van der Waals surface area contributed by atoms with E-state index in [1.54, 1.807) is 0 Å². The highest BCUT2D eigenvalue weighted by atomic mass is 127. The molecule has 0 radical (unpaired) electrons. The van der Waals surface area contributed by atoms with Gasteiger partial charge in [0.1, 0.15) is 0 Å². The highest BCUT2D eigenvalue weighted by molar-refractivity contribution is 14.1. The Morgan fingerprint density at radius 3 is 2.80 bits per heavy atom. The van der Waals surface area contributed by atoms with Crippen molar-refractivity contribution in [2.45, 2.75) is 25.8 Å². The summed E-state index contributed by atoms with van der Waals surface area (Å²) in [6.07, 6.45) is 1.81. The zero-order valence-electron chi connectivity index (χ0n) is 8.76. The standard InChI is InChI=1S/C12H15IN2/c1-2-3-4-9-12(15-14)10-7-5-6-8-11(10)13/h5-8,12,15H,4,9,14H2,1H3. The second-order valence-corrected chi connectivity index (χ2v) is 4.37. The molecular formula is C12H15IN2. The predicted molar refractivity (Wildman–Crippen MR) is 71.9 cm³/mol. The summed E-state index contributed by atoms with van der Waals surface area (Å²) in [5.41, 5.74) is 4.09. The van der Waals surface area contributed by atoms with Crippen LogP contribution in [0.25, 0.3) is 0 Å². The number of rotatable bonds is 4. The van der Waals surface area contributed by atoms with E-state index in [4.69, 9.17) is 5.84 Å². The van der Waals surface area contributed by atoms with Crippen LogP contribution in [0.2, 0.25) is 0 Å². The second kappa shape index (κ2) is 6.83. The van der Waals surface area contributed by atoms with Gasteiger partial charge in [0, 0.05) is 16.0 Å². The summed E-state index contributed by atoms with van der Waals surface area (Å²) in [5.74, 6) is 11.5. The van der Waals surface area contributed by atoms with E-state index in [0.29, 0.717) is 0 Å². The van der Waals surface area contributed by atoms with E-state index in [9.17, 15) is 0 Å². The average molecular weight is 314 g/mol. The molecule has 0 heterocycles. The average Bonchev–Trinajstić information content (AvgIpc) is 2.26. The van der Waals surface area contributed by atoms with Gasteiger partial charge in [0.25, 0.3) is 0 Å². The van der Waals surface area contributed by atoms with Crippen molar-refractivity contribution in [3.63, 3.8) is 0 Å². The maximum atomic E-state index is 5.55. The van der Waals surface area contributed by atoms with Crippen LogP contribution in [0.1, 0.15) is 31.4 Å². The van der Waals surface area contributed by atoms with E-state index in [2.05, 4.69) is 52.0 Å². The summed E-state index contributed by atoms with van der Waals surface area (Å²) < 4.78 is 1.24. The molecule has 0 aromatic heterocycles. The van der Waals surface area contributed by atoms with Crippen LogP contribution in [0.5, 0.6) is 0 Å². The Balaban J connectivity index is 2.72. The summed E-state index contributed by atoms with van der Waals surface area (Å²) in [4.78, 5) is 0. The first kappa shape index (κ1) is 12.5. The summed E-state index contributed by atoms with van der Waals surface area (Å²) in [6.45, 7) is 1.86. The number of hydrogen-bond acceptors (Lipinski definition) is 2. The predicted octanol–water partition coefficient (Wildman–Crippen LogP) is 2.60. The molecule has 15 heavy (non-hydrogen) atoms. The molecule has 0 fully saturated rings. The van der Waals surface area contributed by atoms with Gasteiger partial charge >= 0.3 is 0 Å². The number of nitrogens with one attached hydrogen (secondary N) is 1. The van der Waals surface area contributed by atoms with E-state index in [-0.39, 0.29) is 6.04 Å². The van der Waals surface area contributed by atoms with Gasteiger partial charge in [-0.2, -0.15) is 0 Å². The Kier molecular flexibility index (Phi) is 5.69. The normalized spacial score (nSPS) is 11.7. The van der Waals surface area contributed by atoms with E-state index in [1.165, 1.54) is 9.13 Å². The Labute approximate surface area is 105 Å². The van der Waals surface area contributed by atoms with Crippen molar-refractivity contribution in [3.8, 4) is 11.8 Å². The summed E-state index contributed by atoms with van der Waals surface area (Å²) >= 11 is 2.33. The van der Waals surface area contributed by atoms with Gasteiger partial charge in [-0.15, -0.1) is 11.8 Å². The van der Waals surface area contributed by atoms with Gasteiger partial charge in [0.2, 0.25) is 0 Å². The van der Waals surface area contributed by atoms with Gasteiger partial charge in [0.15, 0.2) is 0 Å². The molecule has 1 atom stereocenters. The SMILES string of the molecule is CC#CCCC(NN)c1ccccc1I. The fourth-order valence-electron chi connectivity index (χ4n) is 1.43. The Morgan fingerprint density at radius 1 is 1.47 bits per heavy atom. The molecule has 0 spiro atoms. The Morgan fingerprint density at radius 2 is 2.20 bits per heavy atom. The van der Waals surface area contributed by atoms with Crippen molar-refractivity contribution in [2.75, 3.05) is 0 Å². The molecule has 3 N–H and O–H groups in total. The van der Waals surface area contributed by atoms with Crippen LogP contribution >= 0.6 is 22.6 Å². The zero-order valence-corrected chi connectivity index (χ0v) is 10.9. The fourth-order valence-corrected chi connectivity index (χ4v) is 2.19. The lowest BCUT2D eigenvalue weighted by Crippen LogP contribution is -2.28. The van der Waals surface area contributed by atoms with Crippen LogP contribution < -0.4 is 11.3 Å². The van der Waals surface area contributed by atoms with Gasteiger partial charge in [0.05, 0.1) is 0 Å². The molecule has 3 heteroatoms. The van der Waals surface area contributed by atoms with Crippen molar-refractivity contribution < 1.29 is 0 Å². The molecule has 1 unspecified atom stereocenters. The lowest BCUT2D eigenvalue weighted by atomic mass is 10.0. The van der Waals surface area contributed by atoms with E-state index in [1.807, 2.05) is 19.1 Å². The minimum absolute atomic E-state index is 0.193. The first-order valence-corrected chi connectivity index (χ1v) is 5.97. The van der Waals surface area contributed by atoms with E-state index < -0.39 is 0 Å². The first-order chi connectivity index (χ1) is 7.29. The number of hydrazine groups is 1. The largest absolute Gasteiger partial charge is 0.271 e. The van der Waals surface area contributed by atoms with Crippen molar-refractivity contribution in [1.82, 2.24) is 5.43 Å². The number of hydrogen-bond donors (Lipinski definition) is 2. The third-order valence-corrected chi connectivity index (χ3v) is 3.20. The zero-order chi connectivity index (χ0) is 11.1. The molecule has 1 rings (SSSR count). The van der Waals surface area contributed by atoms with Crippen molar-refractivity contribution in [1.29, 1.82) is 0 Å². The quantitative estimate of drug-likeness (QED) is 0.388. The fraction of sp³-hybridized carbons (Fsp3) is 0.333. The van der Waals surface area contributed by atoms with E-state index in [0.717, 1.165) is 12.8 Å². The molecule has 0 amide bonds.